The van der Waals surface area contributed by atoms with Crippen LogP contribution in [0.1, 0.15) is 69.7 Å². The lowest BCUT2D eigenvalue weighted by Crippen LogP contribution is -2.36. The number of anilines is 2. The number of nitrogens with zero attached hydrogens (tertiary/aromatic N) is 2. The van der Waals surface area contributed by atoms with E-state index < -0.39 is 0 Å². The molecule has 3 rings (SSSR count). The number of hydrogen-bond acceptors (Lipinski definition) is 4. The van der Waals surface area contributed by atoms with Crippen LogP contribution in [0.5, 0.6) is 0 Å². The maximum Gasteiger partial charge on any atom is 0.136 e. The third-order valence-corrected chi connectivity index (χ3v) is 5.24. The Hall–Kier alpha value is -1.32. The first kappa shape index (κ1) is 14.6. The van der Waals surface area contributed by atoms with Crippen molar-refractivity contribution < 1.29 is 0 Å². The molecule has 1 aromatic heterocycles. The molecule has 4 heteroatoms. The van der Waals surface area contributed by atoms with Gasteiger partial charge in [0.15, 0.2) is 0 Å². The van der Waals surface area contributed by atoms with Gasteiger partial charge >= 0.3 is 0 Å². The average molecular weight is 288 g/mol. The van der Waals surface area contributed by atoms with Gasteiger partial charge in [0.1, 0.15) is 17.5 Å². The van der Waals surface area contributed by atoms with Gasteiger partial charge in [0.05, 0.1) is 0 Å². The SMILES string of the molecule is CCNc1nc(C2CC2)nc(NCC2(CC)CCC2)c1C. The van der Waals surface area contributed by atoms with Crippen molar-refractivity contribution in [3.63, 3.8) is 0 Å². The lowest BCUT2D eigenvalue weighted by atomic mass is 9.67. The Labute approximate surface area is 128 Å². The second kappa shape index (κ2) is 5.82. The molecule has 116 valence electrons. The van der Waals surface area contributed by atoms with Crippen molar-refractivity contribution in [1.82, 2.24) is 9.97 Å². The van der Waals surface area contributed by atoms with Crippen LogP contribution in [0.25, 0.3) is 0 Å². The predicted octanol–water partition coefficient (Wildman–Crippen LogP) is 4.09. The van der Waals surface area contributed by atoms with E-state index in [0.717, 1.165) is 36.1 Å². The van der Waals surface area contributed by atoms with E-state index in [0.29, 0.717) is 11.3 Å². The van der Waals surface area contributed by atoms with Crippen LogP contribution >= 0.6 is 0 Å². The quantitative estimate of drug-likeness (QED) is 0.793. The van der Waals surface area contributed by atoms with E-state index >= 15 is 0 Å². The molecule has 0 amide bonds. The molecule has 0 saturated heterocycles. The van der Waals surface area contributed by atoms with Crippen molar-refractivity contribution >= 4 is 11.6 Å². The first-order valence-electron chi connectivity index (χ1n) is 8.54. The monoisotopic (exact) mass is 288 g/mol. The Balaban J connectivity index is 1.79. The van der Waals surface area contributed by atoms with Crippen molar-refractivity contribution in [3.05, 3.63) is 11.4 Å². The number of rotatable bonds is 7. The van der Waals surface area contributed by atoms with Crippen molar-refractivity contribution in [2.24, 2.45) is 5.41 Å². The van der Waals surface area contributed by atoms with Crippen LogP contribution in [0, 0.1) is 12.3 Å². The van der Waals surface area contributed by atoms with Gasteiger partial charge in [-0.2, -0.15) is 0 Å². The molecule has 1 aromatic rings. The van der Waals surface area contributed by atoms with Crippen molar-refractivity contribution in [2.75, 3.05) is 23.7 Å². The molecule has 0 unspecified atom stereocenters. The van der Waals surface area contributed by atoms with E-state index in [-0.39, 0.29) is 0 Å². The van der Waals surface area contributed by atoms with Gasteiger partial charge in [-0.25, -0.2) is 9.97 Å². The first-order chi connectivity index (χ1) is 10.2. The smallest absolute Gasteiger partial charge is 0.136 e. The summed E-state index contributed by atoms with van der Waals surface area (Å²) >= 11 is 0. The van der Waals surface area contributed by atoms with Crippen LogP contribution < -0.4 is 10.6 Å². The van der Waals surface area contributed by atoms with E-state index in [1.807, 2.05) is 0 Å². The molecule has 21 heavy (non-hydrogen) atoms. The highest BCUT2D eigenvalue weighted by atomic mass is 15.1. The summed E-state index contributed by atoms with van der Waals surface area (Å²) in [5, 5.41) is 7.02. The minimum absolute atomic E-state index is 0.509. The van der Waals surface area contributed by atoms with Crippen LogP contribution in [0.15, 0.2) is 0 Å². The molecule has 2 saturated carbocycles. The number of aromatic nitrogens is 2. The Bertz CT molecular complexity index is 498. The molecule has 2 N–H and O–H groups in total. The topological polar surface area (TPSA) is 49.8 Å². The zero-order valence-corrected chi connectivity index (χ0v) is 13.6. The van der Waals surface area contributed by atoms with E-state index in [1.54, 1.807) is 0 Å². The summed E-state index contributed by atoms with van der Waals surface area (Å²) in [6.07, 6.45) is 7.85. The first-order valence-corrected chi connectivity index (χ1v) is 8.54. The Morgan fingerprint density at radius 3 is 2.24 bits per heavy atom. The zero-order valence-electron chi connectivity index (χ0n) is 13.6. The Morgan fingerprint density at radius 2 is 1.76 bits per heavy atom. The van der Waals surface area contributed by atoms with Gasteiger partial charge in [0.2, 0.25) is 0 Å². The van der Waals surface area contributed by atoms with E-state index in [2.05, 4.69) is 31.4 Å². The van der Waals surface area contributed by atoms with Gasteiger partial charge < -0.3 is 10.6 Å². The highest BCUT2D eigenvalue weighted by Gasteiger charge is 2.35. The molecule has 0 radical (unpaired) electrons. The fourth-order valence-electron chi connectivity index (χ4n) is 3.17. The molecule has 0 aliphatic heterocycles. The molecule has 4 nitrogen and oxygen atoms in total. The Morgan fingerprint density at radius 1 is 1.10 bits per heavy atom. The van der Waals surface area contributed by atoms with Gasteiger partial charge in [-0.1, -0.05) is 13.3 Å². The minimum atomic E-state index is 0.509. The fourth-order valence-corrected chi connectivity index (χ4v) is 3.17. The van der Waals surface area contributed by atoms with Crippen molar-refractivity contribution in [1.29, 1.82) is 0 Å². The highest BCUT2D eigenvalue weighted by Crippen LogP contribution is 2.44. The summed E-state index contributed by atoms with van der Waals surface area (Å²) in [5.41, 5.74) is 1.67. The molecular formula is C17H28N4. The third-order valence-electron chi connectivity index (χ3n) is 5.24. The summed E-state index contributed by atoms with van der Waals surface area (Å²) in [4.78, 5) is 9.53. The van der Waals surface area contributed by atoms with Gasteiger partial charge in [0.25, 0.3) is 0 Å². The van der Waals surface area contributed by atoms with E-state index in [9.17, 15) is 0 Å². The molecule has 0 bridgehead atoms. The average Bonchev–Trinajstić information content (AvgIpc) is 3.26. The summed E-state index contributed by atoms with van der Waals surface area (Å²) < 4.78 is 0. The summed E-state index contributed by atoms with van der Waals surface area (Å²) in [7, 11) is 0. The van der Waals surface area contributed by atoms with Crippen LogP contribution in [0.4, 0.5) is 11.6 Å². The van der Waals surface area contributed by atoms with Gasteiger partial charge in [0, 0.05) is 24.6 Å². The molecule has 2 aliphatic rings. The predicted molar refractivity (Wildman–Crippen MR) is 88.0 cm³/mol. The third kappa shape index (κ3) is 2.99. The van der Waals surface area contributed by atoms with Gasteiger partial charge in [-0.05, 0) is 51.4 Å². The molecule has 2 aliphatic carbocycles. The van der Waals surface area contributed by atoms with Crippen molar-refractivity contribution in [2.45, 2.75) is 65.2 Å². The second-order valence-corrected chi connectivity index (χ2v) is 6.77. The lowest BCUT2D eigenvalue weighted by molar-refractivity contribution is 0.145. The van der Waals surface area contributed by atoms with E-state index in [4.69, 9.17) is 9.97 Å². The number of nitrogens with one attached hydrogen (secondary N) is 2. The summed E-state index contributed by atoms with van der Waals surface area (Å²) in [6, 6.07) is 0. The number of hydrogen-bond donors (Lipinski definition) is 2. The molecule has 0 spiro atoms. The molecular weight excluding hydrogens is 260 g/mol. The lowest BCUT2D eigenvalue weighted by Gasteiger charge is -2.41. The zero-order chi connectivity index (χ0) is 14.9. The largest absolute Gasteiger partial charge is 0.370 e. The molecule has 0 aromatic carbocycles. The van der Waals surface area contributed by atoms with Gasteiger partial charge in [-0.15, -0.1) is 0 Å². The standard InChI is InChI=1S/C17H28N4/c1-4-17(9-6-10-17)11-19-15-12(3)14(18-5-2)20-16(21-15)13-7-8-13/h13H,4-11H2,1-3H3,(H2,18,19,20,21). The molecule has 1 heterocycles. The maximum atomic E-state index is 4.81. The van der Waals surface area contributed by atoms with Crippen molar-refractivity contribution in [3.8, 4) is 0 Å². The fraction of sp³-hybridized carbons (Fsp3) is 0.765. The highest BCUT2D eigenvalue weighted by molar-refractivity contribution is 5.57. The van der Waals surface area contributed by atoms with Crippen LogP contribution in [-0.2, 0) is 0 Å². The van der Waals surface area contributed by atoms with Crippen LogP contribution in [-0.4, -0.2) is 23.1 Å². The molecule has 0 atom stereocenters. The van der Waals surface area contributed by atoms with Gasteiger partial charge in [-0.3, -0.25) is 0 Å². The summed E-state index contributed by atoms with van der Waals surface area (Å²) in [5.74, 6) is 3.67. The van der Waals surface area contributed by atoms with Crippen LogP contribution in [0.3, 0.4) is 0 Å². The maximum absolute atomic E-state index is 4.81. The minimum Gasteiger partial charge on any atom is -0.370 e. The summed E-state index contributed by atoms with van der Waals surface area (Å²) in [6.45, 7) is 8.51. The Kier molecular flexibility index (Phi) is 4.05. The van der Waals surface area contributed by atoms with Crippen LogP contribution in [0.2, 0.25) is 0 Å². The van der Waals surface area contributed by atoms with E-state index in [1.165, 1.54) is 38.5 Å². The molecule has 2 fully saturated rings. The second-order valence-electron chi connectivity index (χ2n) is 6.77. The normalized spacial score (nSPS) is 20.0.